The van der Waals surface area contributed by atoms with Gasteiger partial charge < -0.3 is 0 Å². The number of hydrogen-bond donors (Lipinski definition) is 0. The molecule has 188 valence electrons. The zero-order chi connectivity index (χ0) is 25.9. The largest absolute Gasteiger partial charge is 0.416 e. The van der Waals surface area contributed by atoms with Crippen LogP contribution >= 0.6 is 0 Å². The van der Waals surface area contributed by atoms with Crippen molar-refractivity contribution in [3.05, 3.63) is 106 Å². The Bertz CT molecular complexity index is 1330. The first kappa shape index (κ1) is 25.8. The molecule has 0 aliphatic carbocycles. The Morgan fingerprint density at radius 3 is 2.00 bits per heavy atom. The maximum atomic E-state index is 15.2. The zero-order valence-corrected chi connectivity index (χ0v) is 19.9. The van der Waals surface area contributed by atoms with E-state index in [0.717, 1.165) is 31.4 Å². The third kappa shape index (κ3) is 5.75. The molecule has 4 rings (SSSR count). The molecule has 0 radical (unpaired) electrons. The maximum Gasteiger partial charge on any atom is 0.416 e. The number of alkyl halides is 3. The van der Waals surface area contributed by atoms with E-state index in [0.29, 0.717) is 52.3 Å². The maximum absolute atomic E-state index is 15.2. The first-order chi connectivity index (χ1) is 17.2. The summed E-state index contributed by atoms with van der Waals surface area (Å²) in [4.78, 5) is 0. The molecule has 6 heteroatoms. The van der Waals surface area contributed by atoms with E-state index in [1.54, 1.807) is 18.2 Å². The predicted molar refractivity (Wildman–Crippen MR) is 131 cm³/mol. The molecule has 0 N–H and O–H groups in total. The Balaban J connectivity index is 1.54. The summed E-state index contributed by atoms with van der Waals surface area (Å²) in [6.07, 6.45) is -0.228. The second kappa shape index (κ2) is 10.8. The van der Waals surface area contributed by atoms with Crippen molar-refractivity contribution in [2.75, 3.05) is 0 Å². The highest BCUT2D eigenvalue weighted by molar-refractivity contribution is 5.88. The molecule has 0 aromatic heterocycles. The molecule has 0 bridgehead atoms. The van der Waals surface area contributed by atoms with Gasteiger partial charge in [0.05, 0.1) is 11.1 Å². The fraction of sp³-hybridized carbons (Fsp3) is 0.267. The van der Waals surface area contributed by atoms with E-state index in [9.17, 15) is 22.0 Å². The van der Waals surface area contributed by atoms with Crippen molar-refractivity contribution in [3.8, 4) is 11.1 Å². The highest BCUT2D eigenvalue weighted by Crippen LogP contribution is 2.32. The van der Waals surface area contributed by atoms with Crippen molar-refractivity contribution in [2.45, 2.75) is 51.6 Å². The van der Waals surface area contributed by atoms with Crippen molar-refractivity contribution in [1.29, 1.82) is 0 Å². The average molecular weight is 501 g/mol. The van der Waals surface area contributed by atoms with Crippen LogP contribution in [-0.2, 0) is 25.4 Å². The van der Waals surface area contributed by atoms with Gasteiger partial charge in [0.2, 0.25) is 0 Å². The predicted octanol–water partition coefficient (Wildman–Crippen LogP) is 9.46. The Labute approximate surface area is 206 Å². The summed E-state index contributed by atoms with van der Waals surface area (Å²) in [6.45, 7) is 2.06. The quantitative estimate of drug-likeness (QED) is 0.167. The Hall–Kier alpha value is -3.28. The fourth-order valence-electron chi connectivity index (χ4n) is 4.45. The molecule has 0 nitrogen and oxygen atoms in total. The number of hydrogen-bond acceptors (Lipinski definition) is 0. The summed E-state index contributed by atoms with van der Waals surface area (Å²) in [6, 6.07) is 15.4. The molecular weight excluding hydrogens is 474 g/mol. The van der Waals surface area contributed by atoms with Crippen LogP contribution in [0, 0.1) is 17.5 Å². The molecule has 4 aromatic carbocycles. The van der Waals surface area contributed by atoms with Gasteiger partial charge in [-0.25, -0.2) is 13.2 Å². The summed E-state index contributed by atoms with van der Waals surface area (Å²) >= 11 is 0. The van der Waals surface area contributed by atoms with Crippen LogP contribution in [0.15, 0.2) is 66.7 Å². The highest BCUT2D eigenvalue weighted by atomic mass is 19.4. The van der Waals surface area contributed by atoms with Crippen molar-refractivity contribution < 1.29 is 26.3 Å². The van der Waals surface area contributed by atoms with Crippen molar-refractivity contribution in [2.24, 2.45) is 0 Å². The number of rotatable bonds is 8. The summed E-state index contributed by atoms with van der Waals surface area (Å²) < 4.78 is 83.0. The van der Waals surface area contributed by atoms with Gasteiger partial charge in [0.15, 0.2) is 0 Å². The second-order valence-electron chi connectivity index (χ2n) is 9.06. The summed E-state index contributed by atoms with van der Waals surface area (Å²) in [7, 11) is 0. The van der Waals surface area contributed by atoms with Gasteiger partial charge in [-0.2, -0.15) is 13.2 Å². The normalized spacial score (nSPS) is 11.9. The lowest BCUT2D eigenvalue weighted by Gasteiger charge is -2.12. The molecule has 0 fully saturated rings. The van der Waals surface area contributed by atoms with Gasteiger partial charge in [0.25, 0.3) is 0 Å². The van der Waals surface area contributed by atoms with Crippen molar-refractivity contribution in [1.82, 2.24) is 0 Å². The van der Waals surface area contributed by atoms with Crippen LogP contribution in [0.25, 0.3) is 21.9 Å². The molecule has 0 aliphatic rings. The van der Waals surface area contributed by atoms with Gasteiger partial charge in [-0.05, 0) is 83.7 Å². The van der Waals surface area contributed by atoms with E-state index in [-0.39, 0.29) is 5.56 Å². The van der Waals surface area contributed by atoms with E-state index in [4.69, 9.17) is 0 Å². The van der Waals surface area contributed by atoms with Crippen LogP contribution in [-0.4, -0.2) is 0 Å². The van der Waals surface area contributed by atoms with E-state index in [1.165, 1.54) is 36.4 Å². The first-order valence-corrected chi connectivity index (χ1v) is 12.0. The number of fused-ring (bicyclic) bond motifs is 1. The monoisotopic (exact) mass is 500 g/mol. The molecule has 4 aromatic rings. The average Bonchev–Trinajstić information content (AvgIpc) is 2.83. The van der Waals surface area contributed by atoms with E-state index in [2.05, 4.69) is 6.92 Å². The Kier molecular flexibility index (Phi) is 7.72. The van der Waals surface area contributed by atoms with Crippen LogP contribution in [0.3, 0.4) is 0 Å². The van der Waals surface area contributed by atoms with Gasteiger partial charge in [0, 0.05) is 5.39 Å². The van der Waals surface area contributed by atoms with Crippen LogP contribution in [0.5, 0.6) is 0 Å². The SMILES string of the molecule is CCCCCc1cc(F)c(-c2ccc3c(F)c(CCc4ccc(C(F)(F)F)cc4)ccc3c2)c(F)c1. The van der Waals surface area contributed by atoms with E-state index < -0.39 is 29.2 Å². The number of aryl methyl sites for hydroxylation is 3. The van der Waals surface area contributed by atoms with Crippen LogP contribution in [0.4, 0.5) is 26.3 Å². The molecule has 0 amide bonds. The van der Waals surface area contributed by atoms with E-state index >= 15 is 4.39 Å². The summed E-state index contributed by atoms with van der Waals surface area (Å²) in [5.74, 6) is -1.73. The van der Waals surface area contributed by atoms with Crippen molar-refractivity contribution >= 4 is 10.8 Å². The molecule has 0 saturated carbocycles. The number of halogens is 6. The first-order valence-electron chi connectivity index (χ1n) is 12.0. The molecule has 0 saturated heterocycles. The van der Waals surface area contributed by atoms with Crippen LogP contribution in [0.1, 0.15) is 48.4 Å². The van der Waals surface area contributed by atoms with Gasteiger partial charge in [0.1, 0.15) is 17.5 Å². The van der Waals surface area contributed by atoms with Gasteiger partial charge in [-0.3, -0.25) is 0 Å². The topological polar surface area (TPSA) is 0 Å². The molecule has 0 unspecified atom stereocenters. The third-order valence-corrected chi connectivity index (χ3v) is 6.46. The standard InChI is InChI=1S/C30H26F6/c1-2-3-4-5-20-16-26(31)28(27(32)17-20)23-12-15-25-22(18-23)11-10-21(29(25)33)9-6-19-7-13-24(14-8-19)30(34,35)36/h7-8,10-18H,2-6,9H2,1H3. The minimum Gasteiger partial charge on any atom is -0.206 e. The minimum absolute atomic E-state index is 0.136. The molecule has 36 heavy (non-hydrogen) atoms. The molecule has 0 atom stereocenters. The molecular formula is C30H26F6. The lowest BCUT2D eigenvalue weighted by atomic mass is 9.95. The van der Waals surface area contributed by atoms with Crippen LogP contribution < -0.4 is 0 Å². The zero-order valence-electron chi connectivity index (χ0n) is 19.9. The lowest BCUT2D eigenvalue weighted by molar-refractivity contribution is -0.137. The minimum atomic E-state index is -4.40. The number of unbranched alkanes of at least 4 members (excludes halogenated alkanes) is 2. The lowest BCUT2D eigenvalue weighted by Crippen LogP contribution is -2.04. The fourth-order valence-corrected chi connectivity index (χ4v) is 4.45. The van der Waals surface area contributed by atoms with E-state index in [1.807, 2.05) is 0 Å². The second-order valence-corrected chi connectivity index (χ2v) is 9.06. The molecule has 0 aliphatic heterocycles. The highest BCUT2D eigenvalue weighted by Gasteiger charge is 2.29. The van der Waals surface area contributed by atoms with Crippen molar-refractivity contribution in [3.63, 3.8) is 0 Å². The van der Waals surface area contributed by atoms with Gasteiger partial charge >= 0.3 is 6.18 Å². The molecule has 0 spiro atoms. The number of benzene rings is 4. The summed E-state index contributed by atoms with van der Waals surface area (Å²) in [5, 5.41) is 0.828. The molecule has 0 heterocycles. The van der Waals surface area contributed by atoms with Crippen LogP contribution in [0.2, 0.25) is 0 Å². The van der Waals surface area contributed by atoms with Gasteiger partial charge in [-0.15, -0.1) is 0 Å². The Morgan fingerprint density at radius 2 is 1.36 bits per heavy atom. The summed E-state index contributed by atoms with van der Waals surface area (Å²) in [5.41, 5.74) is 1.17. The van der Waals surface area contributed by atoms with Gasteiger partial charge in [-0.1, -0.05) is 56.2 Å². The smallest absolute Gasteiger partial charge is 0.206 e. The Morgan fingerprint density at radius 1 is 0.667 bits per heavy atom. The third-order valence-electron chi connectivity index (χ3n) is 6.46.